The number of para-hydroxylation sites is 1. The van der Waals surface area contributed by atoms with Crippen molar-refractivity contribution >= 4 is 34.0 Å². The van der Waals surface area contributed by atoms with Crippen LogP contribution in [0.4, 0.5) is 11.4 Å². The third-order valence-corrected chi connectivity index (χ3v) is 6.30. The predicted octanol–water partition coefficient (Wildman–Crippen LogP) is 6.24. The molecule has 2 amide bonds. The van der Waals surface area contributed by atoms with Crippen LogP contribution in [-0.4, -0.2) is 18.4 Å². The first-order valence-corrected chi connectivity index (χ1v) is 11.4. The van der Waals surface area contributed by atoms with Gasteiger partial charge in [0.05, 0.1) is 5.92 Å². The number of carbonyl (C=O) groups is 2. The summed E-state index contributed by atoms with van der Waals surface area (Å²) in [6.45, 7) is 4.37. The molecule has 1 atom stereocenters. The first-order valence-electron chi connectivity index (χ1n) is 11.4. The van der Waals surface area contributed by atoms with Crippen molar-refractivity contribution in [1.29, 1.82) is 0 Å². The molecule has 0 aliphatic carbocycles. The number of ether oxygens (including phenoxy) is 1. The van der Waals surface area contributed by atoms with Crippen LogP contribution in [0.1, 0.15) is 17.5 Å². The number of hydrogen-bond donors (Lipinski definition) is 1. The molecule has 0 aromatic heterocycles. The van der Waals surface area contributed by atoms with Crippen LogP contribution in [0.5, 0.6) is 11.5 Å². The second-order valence-corrected chi connectivity index (χ2v) is 8.74. The van der Waals surface area contributed by atoms with Gasteiger partial charge < -0.3 is 15.0 Å². The number of aryl methyl sites for hydroxylation is 2. The van der Waals surface area contributed by atoms with E-state index < -0.39 is 5.92 Å². The van der Waals surface area contributed by atoms with Gasteiger partial charge in [0.1, 0.15) is 11.5 Å². The number of carbonyl (C=O) groups excluding carboxylic acids is 2. The van der Waals surface area contributed by atoms with Crippen LogP contribution < -0.4 is 15.0 Å². The van der Waals surface area contributed by atoms with Crippen LogP contribution in [0.3, 0.4) is 0 Å². The van der Waals surface area contributed by atoms with Crippen molar-refractivity contribution in [1.82, 2.24) is 0 Å². The minimum atomic E-state index is -0.391. The molecule has 0 bridgehead atoms. The van der Waals surface area contributed by atoms with Gasteiger partial charge in [0.25, 0.3) is 0 Å². The van der Waals surface area contributed by atoms with Gasteiger partial charge in [-0.15, -0.1) is 0 Å². The van der Waals surface area contributed by atoms with Crippen molar-refractivity contribution in [3.8, 4) is 11.5 Å². The van der Waals surface area contributed by atoms with E-state index in [1.165, 1.54) is 0 Å². The maximum atomic E-state index is 12.9. The molecule has 1 heterocycles. The molecule has 0 unspecified atom stereocenters. The first-order chi connectivity index (χ1) is 16.5. The zero-order valence-corrected chi connectivity index (χ0v) is 19.2. The molecule has 0 spiro atoms. The summed E-state index contributed by atoms with van der Waals surface area (Å²) in [6.07, 6.45) is 0.210. The van der Waals surface area contributed by atoms with Crippen LogP contribution >= 0.6 is 0 Å². The lowest BCUT2D eigenvalue weighted by molar-refractivity contribution is -0.122. The SMILES string of the molecule is Cc1cccc(C)c1N1C[C@@H](C(=O)Nc2ccc(Oc3cccc4ccccc34)cc2)CC1=O. The fourth-order valence-electron chi connectivity index (χ4n) is 4.59. The number of rotatable bonds is 5. The molecular weight excluding hydrogens is 424 g/mol. The Bertz CT molecular complexity index is 1350. The van der Waals surface area contributed by atoms with Gasteiger partial charge in [-0.3, -0.25) is 9.59 Å². The summed E-state index contributed by atoms with van der Waals surface area (Å²) < 4.78 is 6.09. The van der Waals surface area contributed by atoms with E-state index >= 15 is 0 Å². The summed E-state index contributed by atoms with van der Waals surface area (Å²) in [5.74, 6) is 0.914. The number of nitrogens with one attached hydrogen (secondary N) is 1. The summed E-state index contributed by atoms with van der Waals surface area (Å²) in [5.41, 5.74) is 3.67. The van der Waals surface area contributed by atoms with Gasteiger partial charge >= 0.3 is 0 Å². The number of hydrogen-bond acceptors (Lipinski definition) is 3. The molecule has 0 saturated carbocycles. The van der Waals surface area contributed by atoms with Crippen molar-refractivity contribution in [2.75, 3.05) is 16.8 Å². The number of nitrogens with zero attached hydrogens (tertiary/aromatic N) is 1. The third-order valence-electron chi connectivity index (χ3n) is 6.30. The Morgan fingerprint density at radius 1 is 0.882 bits per heavy atom. The molecule has 5 nitrogen and oxygen atoms in total. The number of anilines is 2. The summed E-state index contributed by atoms with van der Waals surface area (Å²) in [5, 5.41) is 5.11. The van der Waals surface area contributed by atoms with E-state index in [9.17, 15) is 9.59 Å². The Morgan fingerprint density at radius 3 is 2.32 bits per heavy atom. The minimum Gasteiger partial charge on any atom is -0.457 e. The van der Waals surface area contributed by atoms with Crippen LogP contribution in [0.25, 0.3) is 10.8 Å². The molecule has 1 fully saturated rings. The lowest BCUT2D eigenvalue weighted by atomic mass is 10.1. The zero-order valence-electron chi connectivity index (χ0n) is 19.2. The van der Waals surface area contributed by atoms with Gasteiger partial charge in [-0.05, 0) is 60.7 Å². The lowest BCUT2D eigenvalue weighted by Crippen LogP contribution is -2.29. The molecule has 4 aromatic rings. The van der Waals surface area contributed by atoms with Crippen LogP contribution in [0, 0.1) is 19.8 Å². The average Bonchev–Trinajstić information content (AvgIpc) is 3.22. The zero-order chi connectivity index (χ0) is 23.7. The fraction of sp³-hybridized carbons (Fsp3) is 0.172. The maximum absolute atomic E-state index is 12.9. The summed E-state index contributed by atoms with van der Waals surface area (Å²) in [4.78, 5) is 27.3. The molecule has 5 heteroatoms. The minimum absolute atomic E-state index is 0.0172. The smallest absolute Gasteiger partial charge is 0.229 e. The highest BCUT2D eigenvalue weighted by Gasteiger charge is 2.36. The molecule has 34 heavy (non-hydrogen) atoms. The van der Waals surface area contributed by atoms with Crippen LogP contribution in [-0.2, 0) is 9.59 Å². The number of amides is 2. The molecule has 170 valence electrons. The quantitative estimate of drug-likeness (QED) is 0.391. The van der Waals surface area contributed by atoms with Gasteiger partial charge in [-0.1, -0.05) is 54.6 Å². The molecule has 5 rings (SSSR count). The Hall–Kier alpha value is -4.12. The summed E-state index contributed by atoms with van der Waals surface area (Å²) >= 11 is 0. The molecule has 1 N–H and O–H groups in total. The summed E-state index contributed by atoms with van der Waals surface area (Å²) in [6, 6.07) is 27.3. The van der Waals surface area contributed by atoms with E-state index in [-0.39, 0.29) is 18.2 Å². The molecule has 1 aliphatic heterocycles. The maximum Gasteiger partial charge on any atom is 0.229 e. The largest absolute Gasteiger partial charge is 0.457 e. The highest BCUT2D eigenvalue weighted by atomic mass is 16.5. The van der Waals surface area contributed by atoms with Crippen LogP contribution in [0.15, 0.2) is 84.9 Å². The molecule has 1 aliphatic rings. The topological polar surface area (TPSA) is 58.6 Å². The standard InChI is InChI=1S/C29H26N2O3/c1-19-7-5-8-20(2)28(19)31-18-22(17-27(31)32)29(33)30-23-13-15-24(16-14-23)34-26-12-6-10-21-9-3-4-11-25(21)26/h3-16,22H,17-18H2,1-2H3,(H,30,33)/t22-/m0/s1. The van der Waals surface area contributed by atoms with E-state index in [2.05, 4.69) is 17.4 Å². The summed E-state index contributed by atoms with van der Waals surface area (Å²) in [7, 11) is 0. The Kier molecular flexibility index (Phi) is 5.76. The molecule has 1 saturated heterocycles. The van der Waals surface area contributed by atoms with Gasteiger partial charge in [0.2, 0.25) is 11.8 Å². The lowest BCUT2D eigenvalue weighted by Gasteiger charge is -2.21. The second-order valence-electron chi connectivity index (χ2n) is 8.74. The Balaban J connectivity index is 1.25. The monoisotopic (exact) mass is 450 g/mol. The van der Waals surface area contributed by atoms with Crippen LogP contribution in [0.2, 0.25) is 0 Å². The molecule has 4 aromatic carbocycles. The molecular formula is C29H26N2O3. The number of benzene rings is 4. The Morgan fingerprint density at radius 2 is 1.56 bits per heavy atom. The van der Waals surface area contributed by atoms with Crippen molar-refractivity contribution in [2.45, 2.75) is 20.3 Å². The highest BCUT2D eigenvalue weighted by Crippen LogP contribution is 2.32. The second kappa shape index (κ2) is 9.02. The average molecular weight is 451 g/mol. The van der Waals surface area contributed by atoms with E-state index in [4.69, 9.17) is 4.74 Å². The normalized spacial score (nSPS) is 15.5. The van der Waals surface area contributed by atoms with Gasteiger partial charge in [0.15, 0.2) is 0 Å². The van der Waals surface area contributed by atoms with Gasteiger partial charge in [-0.25, -0.2) is 0 Å². The van der Waals surface area contributed by atoms with Crippen molar-refractivity contribution < 1.29 is 14.3 Å². The molecule has 0 radical (unpaired) electrons. The van der Waals surface area contributed by atoms with Gasteiger partial charge in [-0.2, -0.15) is 0 Å². The predicted molar refractivity (Wildman–Crippen MR) is 135 cm³/mol. The van der Waals surface area contributed by atoms with Gasteiger partial charge in [0, 0.05) is 29.7 Å². The van der Waals surface area contributed by atoms with Crippen molar-refractivity contribution in [2.24, 2.45) is 5.92 Å². The first kappa shape index (κ1) is 21.7. The fourth-order valence-corrected chi connectivity index (χ4v) is 4.59. The number of fused-ring (bicyclic) bond motifs is 1. The van der Waals surface area contributed by atoms with Crippen molar-refractivity contribution in [3.63, 3.8) is 0 Å². The van der Waals surface area contributed by atoms with Crippen molar-refractivity contribution in [3.05, 3.63) is 96.1 Å². The third kappa shape index (κ3) is 4.25. The van der Waals surface area contributed by atoms with E-state index in [1.807, 2.05) is 86.6 Å². The van der Waals surface area contributed by atoms with E-state index in [1.54, 1.807) is 4.90 Å². The van der Waals surface area contributed by atoms with E-state index in [0.717, 1.165) is 33.3 Å². The highest BCUT2D eigenvalue weighted by molar-refractivity contribution is 6.04. The Labute approximate surface area is 199 Å². The van der Waals surface area contributed by atoms with E-state index in [0.29, 0.717) is 18.0 Å².